The largest absolute Gasteiger partial charge is 0.502 e. The highest BCUT2D eigenvalue weighted by atomic mass is 79.9. The van der Waals surface area contributed by atoms with E-state index in [9.17, 15) is 0 Å². The zero-order valence-corrected chi connectivity index (χ0v) is 12.4. The zero-order chi connectivity index (χ0) is 11.2. The molecule has 0 saturated carbocycles. The van der Waals surface area contributed by atoms with Crippen LogP contribution >= 0.6 is 27.5 Å². The van der Waals surface area contributed by atoms with Gasteiger partial charge in [0, 0.05) is 19.3 Å². The van der Waals surface area contributed by atoms with E-state index in [1.165, 1.54) is 0 Å². The Morgan fingerprint density at radius 1 is 1.21 bits per heavy atom. The van der Waals surface area contributed by atoms with Crippen molar-refractivity contribution in [2.45, 2.75) is 37.7 Å². The molecule has 0 fully saturated rings. The van der Waals surface area contributed by atoms with Gasteiger partial charge in [0.1, 0.15) is 0 Å². The standard InChI is InChI=1S/C8H18BrClO3Si/c1-5-11-14(7-3,12-6-2)13-8(4,9)10/h5-7H2,1-4H3. The summed E-state index contributed by atoms with van der Waals surface area (Å²) in [5, 5.41) is 0. The molecule has 0 aromatic carbocycles. The van der Waals surface area contributed by atoms with Gasteiger partial charge in [0.05, 0.1) is 0 Å². The van der Waals surface area contributed by atoms with E-state index in [4.69, 9.17) is 24.9 Å². The molecular formula is C8H18BrClO3Si. The molecule has 6 heteroatoms. The van der Waals surface area contributed by atoms with E-state index in [-0.39, 0.29) is 0 Å². The topological polar surface area (TPSA) is 27.7 Å². The maximum atomic E-state index is 5.94. The second-order valence-corrected chi connectivity index (χ2v) is 8.36. The predicted octanol–water partition coefficient (Wildman–Crippen LogP) is 3.34. The zero-order valence-electron chi connectivity index (χ0n) is 9.10. The van der Waals surface area contributed by atoms with Crippen molar-refractivity contribution in [2.75, 3.05) is 13.2 Å². The van der Waals surface area contributed by atoms with Gasteiger partial charge in [-0.25, -0.2) is 0 Å². The summed E-state index contributed by atoms with van der Waals surface area (Å²) in [6.45, 7) is 8.66. The van der Waals surface area contributed by atoms with Crippen molar-refractivity contribution >= 4 is 36.3 Å². The maximum Gasteiger partial charge on any atom is 0.502 e. The first kappa shape index (κ1) is 14.9. The summed E-state index contributed by atoms with van der Waals surface area (Å²) < 4.78 is 15.9. The lowest BCUT2D eigenvalue weighted by molar-refractivity contribution is 0.0548. The molecule has 0 aromatic heterocycles. The highest BCUT2D eigenvalue weighted by molar-refractivity contribution is 9.10. The van der Waals surface area contributed by atoms with Gasteiger partial charge in [-0.2, -0.15) is 0 Å². The van der Waals surface area contributed by atoms with Crippen molar-refractivity contribution < 1.29 is 13.3 Å². The molecule has 0 spiro atoms. The van der Waals surface area contributed by atoms with Crippen LogP contribution in [0.4, 0.5) is 0 Å². The molecule has 0 radical (unpaired) electrons. The van der Waals surface area contributed by atoms with E-state index in [0.717, 1.165) is 0 Å². The molecule has 0 amide bonds. The van der Waals surface area contributed by atoms with E-state index in [1.807, 2.05) is 20.8 Å². The van der Waals surface area contributed by atoms with Crippen LogP contribution in [0.3, 0.4) is 0 Å². The molecule has 0 heterocycles. The fourth-order valence-electron chi connectivity index (χ4n) is 1.09. The minimum atomic E-state index is -2.58. The fourth-order valence-corrected chi connectivity index (χ4v) is 4.36. The average molecular weight is 306 g/mol. The van der Waals surface area contributed by atoms with Crippen LogP contribution < -0.4 is 0 Å². The Balaban J connectivity index is 4.48. The second kappa shape index (κ2) is 6.45. The molecule has 0 aliphatic heterocycles. The average Bonchev–Trinajstić information content (AvgIpc) is 2.02. The SMILES string of the molecule is CCO[Si](CC)(OCC)OC(C)(Cl)Br. The minimum absolute atomic E-state index is 0.569. The smallest absolute Gasteiger partial charge is 0.374 e. The van der Waals surface area contributed by atoms with Crippen LogP contribution in [0, 0.1) is 0 Å². The third-order valence-corrected chi connectivity index (χ3v) is 5.21. The lowest BCUT2D eigenvalue weighted by atomic mass is 10.9. The number of halogens is 2. The Hall–Kier alpha value is 0.867. The van der Waals surface area contributed by atoms with Crippen LogP contribution in [0.5, 0.6) is 0 Å². The van der Waals surface area contributed by atoms with Crippen LogP contribution in [0.25, 0.3) is 0 Å². The highest BCUT2D eigenvalue weighted by Gasteiger charge is 2.43. The van der Waals surface area contributed by atoms with E-state index in [1.54, 1.807) is 6.92 Å². The summed E-state index contributed by atoms with van der Waals surface area (Å²) in [7, 11) is -2.58. The van der Waals surface area contributed by atoms with Crippen molar-refractivity contribution in [1.82, 2.24) is 0 Å². The van der Waals surface area contributed by atoms with E-state index in [0.29, 0.717) is 19.3 Å². The maximum absolute atomic E-state index is 5.94. The Kier molecular flexibility index (Phi) is 6.85. The summed E-state index contributed by atoms with van der Waals surface area (Å²) in [4.78, 5) is 0. The minimum Gasteiger partial charge on any atom is -0.374 e. The van der Waals surface area contributed by atoms with Gasteiger partial charge in [0.25, 0.3) is 0 Å². The highest BCUT2D eigenvalue weighted by Crippen LogP contribution is 2.31. The molecule has 14 heavy (non-hydrogen) atoms. The molecule has 86 valence electrons. The van der Waals surface area contributed by atoms with Crippen LogP contribution in [0.2, 0.25) is 6.04 Å². The van der Waals surface area contributed by atoms with E-state index in [2.05, 4.69) is 15.9 Å². The second-order valence-electron chi connectivity index (χ2n) is 2.81. The normalized spacial score (nSPS) is 16.7. The first-order chi connectivity index (χ1) is 6.39. The lowest BCUT2D eigenvalue weighted by Crippen LogP contribution is -2.48. The molecule has 0 aliphatic rings. The van der Waals surface area contributed by atoms with Crippen LogP contribution in [0.1, 0.15) is 27.7 Å². The van der Waals surface area contributed by atoms with Crippen molar-refractivity contribution in [2.24, 2.45) is 0 Å². The molecule has 1 unspecified atom stereocenters. The Morgan fingerprint density at radius 3 is 1.86 bits per heavy atom. The number of alkyl halides is 2. The quantitative estimate of drug-likeness (QED) is 0.533. The van der Waals surface area contributed by atoms with Gasteiger partial charge in [0.2, 0.25) is 0 Å². The van der Waals surface area contributed by atoms with Gasteiger partial charge < -0.3 is 13.3 Å². The molecule has 0 saturated heterocycles. The molecular weight excluding hydrogens is 288 g/mol. The van der Waals surface area contributed by atoms with Crippen LogP contribution in [-0.2, 0) is 13.3 Å². The lowest BCUT2D eigenvalue weighted by Gasteiger charge is -2.32. The summed E-state index contributed by atoms with van der Waals surface area (Å²) in [5.41, 5.74) is 0. The first-order valence-electron chi connectivity index (χ1n) is 4.75. The molecule has 0 bridgehead atoms. The van der Waals surface area contributed by atoms with Gasteiger partial charge in [-0.1, -0.05) is 18.5 Å². The van der Waals surface area contributed by atoms with Gasteiger partial charge in [-0.3, -0.25) is 0 Å². The van der Waals surface area contributed by atoms with Crippen molar-refractivity contribution in [3.63, 3.8) is 0 Å². The van der Waals surface area contributed by atoms with Crippen LogP contribution in [0.15, 0.2) is 0 Å². The van der Waals surface area contributed by atoms with Gasteiger partial charge in [-0.15, -0.1) is 0 Å². The van der Waals surface area contributed by atoms with E-state index >= 15 is 0 Å². The first-order valence-corrected chi connectivity index (χ1v) is 7.85. The van der Waals surface area contributed by atoms with Gasteiger partial charge in [-0.05, 0) is 36.7 Å². The van der Waals surface area contributed by atoms with Crippen molar-refractivity contribution in [3.8, 4) is 0 Å². The Morgan fingerprint density at radius 2 is 1.64 bits per heavy atom. The molecule has 0 aromatic rings. The summed E-state index contributed by atoms with van der Waals surface area (Å²) >= 11 is 9.15. The Labute approximate surface area is 101 Å². The fraction of sp³-hybridized carbons (Fsp3) is 1.00. The van der Waals surface area contributed by atoms with Crippen molar-refractivity contribution in [1.29, 1.82) is 0 Å². The van der Waals surface area contributed by atoms with Gasteiger partial charge in [0.15, 0.2) is 3.97 Å². The number of hydrogen-bond acceptors (Lipinski definition) is 3. The summed E-state index contributed by atoms with van der Waals surface area (Å²) in [6.07, 6.45) is 0. The molecule has 3 nitrogen and oxygen atoms in total. The molecule has 0 rings (SSSR count). The predicted molar refractivity (Wildman–Crippen MR) is 63.8 cm³/mol. The molecule has 0 aliphatic carbocycles. The molecule has 1 atom stereocenters. The third-order valence-electron chi connectivity index (χ3n) is 1.50. The number of rotatable bonds is 7. The summed E-state index contributed by atoms with van der Waals surface area (Å²) in [5.74, 6) is 0. The number of hydrogen-bond donors (Lipinski definition) is 0. The monoisotopic (exact) mass is 304 g/mol. The van der Waals surface area contributed by atoms with Gasteiger partial charge >= 0.3 is 8.80 Å². The third kappa shape index (κ3) is 5.68. The van der Waals surface area contributed by atoms with Crippen molar-refractivity contribution in [3.05, 3.63) is 0 Å². The Bertz CT molecular complexity index is 157. The van der Waals surface area contributed by atoms with Crippen LogP contribution in [-0.4, -0.2) is 26.0 Å². The van der Waals surface area contributed by atoms with E-state index < -0.39 is 12.8 Å². The molecule has 0 N–H and O–H groups in total. The summed E-state index contributed by atoms with van der Waals surface area (Å²) in [6, 6.07) is 0.711.